The first-order valence-corrected chi connectivity index (χ1v) is 11.1. The number of amides is 1. The molecule has 1 saturated heterocycles. The molecule has 0 radical (unpaired) electrons. The van der Waals surface area contributed by atoms with Crippen molar-refractivity contribution in [3.63, 3.8) is 0 Å². The van der Waals surface area contributed by atoms with E-state index < -0.39 is 0 Å². The summed E-state index contributed by atoms with van der Waals surface area (Å²) < 4.78 is 20.6. The Morgan fingerprint density at radius 3 is 2.47 bits per heavy atom. The molecule has 0 bridgehead atoms. The van der Waals surface area contributed by atoms with Crippen LogP contribution in [-0.4, -0.2) is 47.0 Å². The van der Waals surface area contributed by atoms with Crippen molar-refractivity contribution in [2.45, 2.75) is 6.54 Å². The third-order valence-electron chi connectivity index (χ3n) is 5.71. The monoisotopic (exact) mass is 457 g/mol. The standard InChI is InChI=1S/C26H24FN5O2/c27-22-9-6-19(7-10-22)25-21(18-32(30-25)23-4-2-1-3-5-23)17-29-26(33)20-8-11-24(28-16-20)31-12-14-34-15-13-31/h1-11,16,18H,12-15,17H2,(H,29,33). The van der Waals surface area contributed by atoms with Gasteiger partial charge in [0.15, 0.2) is 0 Å². The summed E-state index contributed by atoms with van der Waals surface area (Å²) in [5.41, 5.74) is 3.66. The molecule has 1 amide bonds. The zero-order valence-electron chi connectivity index (χ0n) is 18.5. The molecule has 4 aromatic rings. The molecule has 0 unspecified atom stereocenters. The maximum atomic E-state index is 13.5. The number of aromatic nitrogens is 3. The molecular formula is C26H24FN5O2. The first-order valence-electron chi connectivity index (χ1n) is 11.1. The average Bonchev–Trinajstić information content (AvgIpc) is 3.33. The fourth-order valence-electron chi connectivity index (χ4n) is 3.88. The molecule has 1 N–H and O–H groups in total. The molecule has 5 rings (SSSR count). The molecule has 1 fully saturated rings. The van der Waals surface area contributed by atoms with Gasteiger partial charge in [-0.25, -0.2) is 14.1 Å². The van der Waals surface area contributed by atoms with Crippen LogP contribution in [0.1, 0.15) is 15.9 Å². The Morgan fingerprint density at radius 1 is 1.00 bits per heavy atom. The van der Waals surface area contributed by atoms with Gasteiger partial charge in [0, 0.05) is 43.2 Å². The lowest BCUT2D eigenvalue weighted by Gasteiger charge is -2.27. The number of rotatable bonds is 6. The van der Waals surface area contributed by atoms with Crippen LogP contribution in [0, 0.1) is 5.82 Å². The highest BCUT2D eigenvalue weighted by molar-refractivity contribution is 5.94. The van der Waals surface area contributed by atoms with Gasteiger partial charge in [-0.1, -0.05) is 18.2 Å². The van der Waals surface area contributed by atoms with Gasteiger partial charge in [0.25, 0.3) is 5.91 Å². The summed E-state index contributed by atoms with van der Waals surface area (Å²) in [6.07, 6.45) is 3.47. The van der Waals surface area contributed by atoms with Gasteiger partial charge in [-0.2, -0.15) is 5.10 Å². The molecule has 0 atom stereocenters. The van der Waals surface area contributed by atoms with Gasteiger partial charge in [0.2, 0.25) is 0 Å². The first-order chi connectivity index (χ1) is 16.7. The summed E-state index contributed by atoms with van der Waals surface area (Å²) in [6.45, 7) is 3.20. The average molecular weight is 458 g/mol. The Balaban J connectivity index is 1.34. The van der Waals surface area contributed by atoms with E-state index in [-0.39, 0.29) is 18.3 Å². The number of ether oxygens (including phenoxy) is 1. The van der Waals surface area contributed by atoms with Crippen LogP contribution >= 0.6 is 0 Å². The molecule has 2 aromatic heterocycles. The number of para-hydroxylation sites is 1. The van der Waals surface area contributed by atoms with Crippen molar-refractivity contribution in [1.29, 1.82) is 0 Å². The van der Waals surface area contributed by atoms with E-state index in [2.05, 4.69) is 15.2 Å². The van der Waals surface area contributed by atoms with E-state index in [1.165, 1.54) is 12.1 Å². The highest BCUT2D eigenvalue weighted by Gasteiger charge is 2.16. The molecule has 7 nitrogen and oxygen atoms in total. The van der Waals surface area contributed by atoms with Gasteiger partial charge >= 0.3 is 0 Å². The number of halogens is 1. The number of hydrogen-bond acceptors (Lipinski definition) is 5. The third kappa shape index (κ3) is 4.82. The number of pyridine rings is 1. The molecule has 0 spiro atoms. The molecule has 34 heavy (non-hydrogen) atoms. The Kier molecular flexibility index (Phi) is 6.31. The summed E-state index contributed by atoms with van der Waals surface area (Å²) >= 11 is 0. The lowest BCUT2D eigenvalue weighted by atomic mass is 10.1. The topological polar surface area (TPSA) is 72.3 Å². The number of carbonyl (C=O) groups is 1. The van der Waals surface area contributed by atoms with Gasteiger partial charge in [-0.3, -0.25) is 4.79 Å². The lowest BCUT2D eigenvalue weighted by molar-refractivity contribution is 0.0950. The smallest absolute Gasteiger partial charge is 0.253 e. The molecule has 0 saturated carbocycles. The lowest BCUT2D eigenvalue weighted by Crippen LogP contribution is -2.36. The molecule has 1 aliphatic rings. The van der Waals surface area contributed by atoms with Crippen LogP contribution in [0.2, 0.25) is 0 Å². The highest BCUT2D eigenvalue weighted by Crippen LogP contribution is 2.24. The second-order valence-electron chi connectivity index (χ2n) is 7.98. The van der Waals surface area contributed by atoms with Crippen molar-refractivity contribution in [2.75, 3.05) is 31.2 Å². The Bertz CT molecular complexity index is 1250. The molecule has 3 heterocycles. The first kappa shape index (κ1) is 21.8. The summed E-state index contributed by atoms with van der Waals surface area (Å²) in [7, 11) is 0. The Morgan fingerprint density at radius 2 is 1.76 bits per heavy atom. The maximum absolute atomic E-state index is 13.5. The summed E-state index contributed by atoms with van der Waals surface area (Å²) in [5, 5.41) is 7.67. The van der Waals surface area contributed by atoms with E-state index in [0.717, 1.165) is 35.7 Å². The van der Waals surface area contributed by atoms with Crippen LogP contribution < -0.4 is 10.2 Å². The van der Waals surface area contributed by atoms with E-state index in [0.29, 0.717) is 24.5 Å². The second-order valence-corrected chi connectivity index (χ2v) is 7.98. The van der Waals surface area contributed by atoms with E-state index >= 15 is 0 Å². The Hall–Kier alpha value is -4.04. The minimum atomic E-state index is -0.311. The maximum Gasteiger partial charge on any atom is 0.253 e. The largest absolute Gasteiger partial charge is 0.378 e. The second kappa shape index (κ2) is 9.84. The van der Waals surface area contributed by atoms with Crippen LogP contribution in [0.15, 0.2) is 79.1 Å². The van der Waals surface area contributed by atoms with E-state index in [1.807, 2.05) is 42.6 Å². The van der Waals surface area contributed by atoms with Gasteiger partial charge in [-0.15, -0.1) is 0 Å². The van der Waals surface area contributed by atoms with Crippen molar-refractivity contribution in [3.05, 3.63) is 96.1 Å². The van der Waals surface area contributed by atoms with E-state index in [1.54, 1.807) is 29.1 Å². The third-order valence-corrected chi connectivity index (χ3v) is 5.71. The number of hydrogen-bond donors (Lipinski definition) is 1. The van der Waals surface area contributed by atoms with Crippen molar-refractivity contribution in [3.8, 4) is 16.9 Å². The molecular weight excluding hydrogens is 433 g/mol. The zero-order chi connectivity index (χ0) is 23.3. The number of carbonyl (C=O) groups excluding carboxylic acids is 1. The molecule has 1 aliphatic heterocycles. The summed E-state index contributed by atoms with van der Waals surface area (Å²) in [5.74, 6) is 0.301. The fraction of sp³-hybridized carbons (Fsp3) is 0.192. The van der Waals surface area contributed by atoms with Gasteiger partial charge in [0.1, 0.15) is 11.6 Å². The predicted molar refractivity (Wildman–Crippen MR) is 127 cm³/mol. The summed E-state index contributed by atoms with van der Waals surface area (Å²) in [6, 6.07) is 19.5. The van der Waals surface area contributed by atoms with Crippen molar-refractivity contribution in [2.24, 2.45) is 0 Å². The zero-order valence-corrected chi connectivity index (χ0v) is 18.5. The van der Waals surface area contributed by atoms with Gasteiger partial charge in [0.05, 0.1) is 30.2 Å². The molecule has 8 heteroatoms. The number of benzene rings is 2. The minimum absolute atomic E-state index is 0.224. The van der Waals surface area contributed by atoms with E-state index in [4.69, 9.17) is 9.84 Å². The SMILES string of the molecule is O=C(NCc1cn(-c2ccccc2)nc1-c1ccc(F)cc1)c1ccc(N2CCOCC2)nc1. The van der Waals surface area contributed by atoms with Crippen molar-refractivity contribution >= 4 is 11.7 Å². The number of nitrogens with zero attached hydrogens (tertiary/aromatic N) is 4. The fourth-order valence-corrected chi connectivity index (χ4v) is 3.88. The predicted octanol–water partition coefficient (Wildman–Crippen LogP) is 3.84. The number of morpholine rings is 1. The van der Waals surface area contributed by atoms with Gasteiger partial charge in [-0.05, 0) is 48.5 Å². The van der Waals surface area contributed by atoms with Crippen molar-refractivity contribution < 1.29 is 13.9 Å². The molecule has 0 aliphatic carbocycles. The van der Waals surface area contributed by atoms with Crippen LogP contribution in [0.25, 0.3) is 16.9 Å². The normalized spacial score (nSPS) is 13.6. The Labute approximate surface area is 196 Å². The number of anilines is 1. The van der Waals surface area contributed by atoms with Crippen LogP contribution in [0.5, 0.6) is 0 Å². The van der Waals surface area contributed by atoms with Crippen molar-refractivity contribution in [1.82, 2.24) is 20.1 Å². The van der Waals surface area contributed by atoms with Gasteiger partial charge < -0.3 is 15.0 Å². The van der Waals surface area contributed by atoms with Crippen LogP contribution in [0.4, 0.5) is 10.2 Å². The quantitative estimate of drug-likeness (QED) is 0.476. The van der Waals surface area contributed by atoms with Crippen LogP contribution in [0.3, 0.4) is 0 Å². The van der Waals surface area contributed by atoms with E-state index in [9.17, 15) is 9.18 Å². The molecule has 2 aromatic carbocycles. The minimum Gasteiger partial charge on any atom is -0.378 e. The summed E-state index contributed by atoms with van der Waals surface area (Å²) in [4.78, 5) is 19.4. The van der Waals surface area contributed by atoms with Crippen LogP contribution in [-0.2, 0) is 11.3 Å². The molecule has 172 valence electrons. The number of nitrogens with one attached hydrogen (secondary N) is 1. The highest BCUT2D eigenvalue weighted by atomic mass is 19.1.